The summed E-state index contributed by atoms with van der Waals surface area (Å²) < 4.78 is 10.8. The normalized spacial score (nSPS) is 16.2. The number of amides is 1. The van der Waals surface area contributed by atoms with E-state index < -0.39 is 0 Å². The van der Waals surface area contributed by atoms with E-state index in [2.05, 4.69) is 37.4 Å². The fraction of sp³-hybridized carbons (Fsp3) is 0.450. The van der Waals surface area contributed by atoms with Gasteiger partial charge in [-0.25, -0.2) is 0 Å². The maximum atomic E-state index is 11.6. The van der Waals surface area contributed by atoms with E-state index in [1.165, 1.54) is 5.56 Å². The highest BCUT2D eigenvalue weighted by atomic mass is 16.7. The summed E-state index contributed by atoms with van der Waals surface area (Å²) in [6, 6.07) is 9.87. The smallest absolute Gasteiger partial charge is 0.231 e. The first kappa shape index (κ1) is 18.5. The standard InChI is InChI=1S/C20H25N5O3/c1-2-3-20(26)21-18-6-7-19(23-22-18)25-10-8-24(9-11-25)13-15-4-5-16-17(12-15)28-14-27-16/h4-7,12H,2-3,8-11,13-14H2,1H3,(H,21,22,26). The summed E-state index contributed by atoms with van der Waals surface area (Å²) in [4.78, 5) is 16.3. The molecule has 0 aliphatic carbocycles. The highest BCUT2D eigenvalue weighted by Crippen LogP contribution is 2.32. The summed E-state index contributed by atoms with van der Waals surface area (Å²) in [5.41, 5.74) is 1.23. The van der Waals surface area contributed by atoms with Crippen LogP contribution in [0.4, 0.5) is 11.6 Å². The number of carbonyl (C=O) groups is 1. The first-order valence-electron chi connectivity index (χ1n) is 9.70. The van der Waals surface area contributed by atoms with Gasteiger partial charge >= 0.3 is 0 Å². The Bertz CT molecular complexity index is 819. The molecule has 8 nitrogen and oxygen atoms in total. The molecular weight excluding hydrogens is 358 g/mol. The van der Waals surface area contributed by atoms with Crippen LogP contribution in [0.3, 0.4) is 0 Å². The van der Waals surface area contributed by atoms with Gasteiger partial charge in [-0.15, -0.1) is 10.2 Å². The quantitative estimate of drug-likeness (QED) is 0.820. The van der Waals surface area contributed by atoms with Crippen molar-refractivity contribution in [2.75, 3.05) is 43.2 Å². The minimum Gasteiger partial charge on any atom is -0.454 e. The molecule has 0 bridgehead atoms. The lowest BCUT2D eigenvalue weighted by Gasteiger charge is -2.35. The molecular formula is C20H25N5O3. The van der Waals surface area contributed by atoms with Crippen molar-refractivity contribution in [2.24, 2.45) is 0 Å². The van der Waals surface area contributed by atoms with E-state index >= 15 is 0 Å². The van der Waals surface area contributed by atoms with Crippen LogP contribution in [0.2, 0.25) is 0 Å². The Morgan fingerprint density at radius 3 is 2.64 bits per heavy atom. The summed E-state index contributed by atoms with van der Waals surface area (Å²) in [5, 5.41) is 11.2. The van der Waals surface area contributed by atoms with E-state index in [1.54, 1.807) is 0 Å². The number of ether oxygens (including phenoxy) is 2. The first-order valence-corrected chi connectivity index (χ1v) is 9.70. The van der Waals surface area contributed by atoms with E-state index in [1.807, 2.05) is 25.1 Å². The SMILES string of the molecule is CCCC(=O)Nc1ccc(N2CCN(Cc3ccc4c(c3)OCO4)CC2)nn1. The lowest BCUT2D eigenvalue weighted by atomic mass is 10.1. The van der Waals surface area contributed by atoms with Crippen LogP contribution >= 0.6 is 0 Å². The van der Waals surface area contributed by atoms with Crippen molar-refractivity contribution in [1.29, 1.82) is 0 Å². The van der Waals surface area contributed by atoms with Gasteiger partial charge in [0.15, 0.2) is 23.1 Å². The molecule has 0 unspecified atom stereocenters. The second-order valence-electron chi connectivity index (χ2n) is 7.03. The van der Waals surface area contributed by atoms with Crippen LogP contribution < -0.4 is 19.7 Å². The van der Waals surface area contributed by atoms with Gasteiger partial charge in [-0.05, 0) is 36.2 Å². The molecule has 0 saturated carbocycles. The Balaban J connectivity index is 1.28. The van der Waals surface area contributed by atoms with Gasteiger partial charge in [-0.1, -0.05) is 13.0 Å². The zero-order chi connectivity index (χ0) is 19.3. The molecule has 1 saturated heterocycles. The van der Waals surface area contributed by atoms with Gasteiger partial charge in [0.2, 0.25) is 12.7 Å². The predicted molar refractivity (Wildman–Crippen MR) is 106 cm³/mol. The molecule has 0 spiro atoms. The van der Waals surface area contributed by atoms with Crippen molar-refractivity contribution < 1.29 is 14.3 Å². The minimum absolute atomic E-state index is 0.0262. The molecule has 1 aromatic heterocycles. The zero-order valence-corrected chi connectivity index (χ0v) is 16.1. The number of nitrogens with zero attached hydrogens (tertiary/aromatic N) is 4. The molecule has 1 fully saturated rings. The molecule has 1 N–H and O–H groups in total. The third-order valence-electron chi connectivity index (χ3n) is 4.93. The predicted octanol–water partition coefficient (Wildman–Crippen LogP) is 2.27. The second kappa shape index (κ2) is 8.43. The van der Waals surface area contributed by atoms with Gasteiger partial charge in [-0.2, -0.15) is 0 Å². The van der Waals surface area contributed by atoms with Crippen LogP contribution in [0, 0.1) is 0 Å². The van der Waals surface area contributed by atoms with Gasteiger partial charge in [0.05, 0.1) is 0 Å². The topological polar surface area (TPSA) is 79.8 Å². The number of aromatic nitrogens is 2. The van der Waals surface area contributed by atoms with Gasteiger partial charge in [0, 0.05) is 39.1 Å². The number of nitrogens with one attached hydrogen (secondary N) is 1. The van der Waals surface area contributed by atoms with Gasteiger partial charge < -0.3 is 19.7 Å². The Kier molecular flexibility index (Phi) is 5.57. The van der Waals surface area contributed by atoms with Gasteiger partial charge in [0.1, 0.15) is 0 Å². The molecule has 28 heavy (non-hydrogen) atoms. The molecule has 1 amide bonds. The Labute approximate surface area is 164 Å². The summed E-state index contributed by atoms with van der Waals surface area (Å²) in [6.07, 6.45) is 1.31. The summed E-state index contributed by atoms with van der Waals surface area (Å²) in [7, 11) is 0. The fourth-order valence-corrected chi connectivity index (χ4v) is 3.43. The van der Waals surface area contributed by atoms with Gasteiger partial charge in [0.25, 0.3) is 0 Å². The number of benzene rings is 1. The van der Waals surface area contributed by atoms with Crippen molar-refractivity contribution in [1.82, 2.24) is 15.1 Å². The Hall–Kier alpha value is -2.87. The lowest BCUT2D eigenvalue weighted by Crippen LogP contribution is -2.46. The van der Waals surface area contributed by atoms with Crippen LogP contribution in [0.25, 0.3) is 0 Å². The molecule has 2 aliphatic rings. The summed E-state index contributed by atoms with van der Waals surface area (Å²) >= 11 is 0. The van der Waals surface area contributed by atoms with Crippen LogP contribution in [0.15, 0.2) is 30.3 Å². The molecule has 2 aliphatic heterocycles. The van der Waals surface area contributed by atoms with Crippen LogP contribution in [0.1, 0.15) is 25.3 Å². The van der Waals surface area contributed by atoms with Crippen molar-refractivity contribution in [3.63, 3.8) is 0 Å². The molecule has 2 aromatic rings. The molecule has 148 valence electrons. The maximum absolute atomic E-state index is 11.6. The molecule has 3 heterocycles. The maximum Gasteiger partial charge on any atom is 0.231 e. The highest BCUT2D eigenvalue weighted by molar-refractivity contribution is 5.89. The van der Waals surface area contributed by atoms with E-state index in [-0.39, 0.29) is 5.91 Å². The number of fused-ring (bicyclic) bond motifs is 1. The highest BCUT2D eigenvalue weighted by Gasteiger charge is 2.20. The molecule has 4 rings (SSSR count). The number of hydrogen-bond acceptors (Lipinski definition) is 7. The zero-order valence-electron chi connectivity index (χ0n) is 16.1. The monoisotopic (exact) mass is 383 g/mol. The average Bonchev–Trinajstić information content (AvgIpc) is 3.17. The van der Waals surface area contributed by atoms with E-state index in [9.17, 15) is 4.79 Å². The lowest BCUT2D eigenvalue weighted by molar-refractivity contribution is -0.116. The van der Waals surface area contributed by atoms with Crippen LogP contribution in [-0.2, 0) is 11.3 Å². The van der Waals surface area contributed by atoms with Crippen molar-refractivity contribution >= 4 is 17.5 Å². The number of rotatable bonds is 6. The third-order valence-corrected chi connectivity index (χ3v) is 4.93. The number of anilines is 2. The third kappa shape index (κ3) is 4.33. The number of hydrogen-bond donors (Lipinski definition) is 1. The van der Waals surface area contributed by atoms with E-state index in [4.69, 9.17) is 9.47 Å². The second-order valence-corrected chi connectivity index (χ2v) is 7.03. The van der Waals surface area contributed by atoms with Gasteiger partial charge in [-0.3, -0.25) is 9.69 Å². The first-order chi connectivity index (χ1) is 13.7. The minimum atomic E-state index is -0.0262. The van der Waals surface area contributed by atoms with E-state index in [0.717, 1.165) is 56.5 Å². The van der Waals surface area contributed by atoms with Crippen LogP contribution in [0.5, 0.6) is 11.5 Å². The van der Waals surface area contributed by atoms with Crippen LogP contribution in [-0.4, -0.2) is 54.0 Å². The number of piperazine rings is 1. The Morgan fingerprint density at radius 1 is 1.07 bits per heavy atom. The van der Waals surface area contributed by atoms with Crippen molar-refractivity contribution in [3.8, 4) is 11.5 Å². The summed E-state index contributed by atoms with van der Waals surface area (Å²) in [5.74, 6) is 2.97. The van der Waals surface area contributed by atoms with Crippen molar-refractivity contribution in [2.45, 2.75) is 26.3 Å². The van der Waals surface area contributed by atoms with Crippen molar-refractivity contribution in [3.05, 3.63) is 35.9 Å². The molecule has 1 aromatic carbocycles. The largest absolute Gasteiger partial charge is 0.454 e. The average molecular weight is 383 g/mol. The van der Waals surface area contributed by atoms with E-state index in [0.29, 0.717) is 19.0 Å². The molecule has 0 atom stereocenters. The molecule has 8 heteroatoms. The number of carbonyl (C=O) groups excluding carboxylic acids is 1. The Morgan fingerprint density at radius 2 is 1.89 bits per heavy atom. The molecule has 0 radical (unpaired) electrons. The summed E-state index contributed by atoms with van der Waals surface area (Å²) in [6.45, 7) is 6.84. The fourth-order valence-electron chi connectivity index (χ4n) is 3.43.